The van der Waals surface area contributed by atoms with Gasteiger partial charge in [-0.25, -0.2) is 0 Å². The van der Waals surface area contributed by atoms with Crippen molar-refractivity contribution < 1.29 is 23.1 Å². The Bertz CT molecular complexity index is 1060. The molecule has 6 nitrogen and oxygen atoms in total. The standard InChI is InChI=1S/C21H19F2N3O3/c22-21(23)29-14-5-3-4-13(10-14)20(28)24-11-19(27)26-9-8-18-16(12-26)15-6-1-2-7-17(15)25-18/h1-7,10,21,25H,8-9,11-12H2,(H,24,28). The van der Waals surface area contributed by atoms with Crippen molar-refractivity contribution in [3.63, 3.8) is 0 Å². The van der Waals surface area contributed by atoms with E-state index in [0.717, 1.165) is 28.6 Å². The van der Waals surface area contributed by atoms with Crippen LogP contribution in [-0.4, -0.2) is 41.4 Å². The fraction of sp³-hybridized carbons (Fsp3) is 0.238. The van der Waals surface area contributed by atoms with Gasteiger partial charge in [0.2, 0.25) is 5.91 Å². The van der Waals surface area contributed by atoms with Crippen LogP contribution in [0.4, 0.5) is 8.78 Å². The fourth-order valence-electron chi connectivity index (χ4n) is 3.56. The second kappa shape index (κ2) is 7.90. The Morgan fingerprint density at radius 3 is 2.83 bits per heavy atom. The number of carbonyl (C=O) groups excluding carboxylic acids is 2. The highest BCUT2D eigenvalue weighted by molar-refractivity contribution is 5.97. The van der Waals surface area contributed by atoms with Crippen molar-refractivity contribution >= 4 is 22.7 Å². The topological polar surface area (TPSA) is 74.4 Å². The Kier molecular flexibility index (Phi) is 5.16. The number of carbonyl (C=O) groups is 2. The summed E-state index contributed by atoms with van der Waals surface area (Å²) in [5.41, 5.74) is 3.43. The van der Waals surface area contributed by atoms with Gasteiger partial charge < -0.3 is 19.9 Å². The van der Waals surface area contributed by atoms with E-state index in [-0.39, 0.29) is 23.8 Å². The third-order valence-electron chi connectivity index (χ3n) is 4.96. The number of nitrogens with one attached hydrogen (secondary N) is 2. The number of halogens is 2. The van der Waals surface area contributed by atoms with Crippen molar-refractivity contribution in [2.24, 2.45) is 0 Å². The van der Waals surface area contributed by atoms with Crippen molar-refractivity contribution in [2.75, 3.05) is 13.1 Å². The van der Waals surface area contributed by atoms with Gasteiger partial charge in [-0.15, -0.1) is 0 Å². The number of nitrogens with zero attached hydrogens (tertiary/aromatic N) is 1. The van der Waals surface area contributed by atoms with Crippen molar-refractivity contribution in [1.29, 1.82) is 0 Å². The van der Waals surface area contributed by atoms with Crippen molar-refractivity contribution in [1.82, 2.24) is 15.2 Å². The van der Waals surface area contributed by atoms with Crippen LogP contribution in [0, 0.1) is 0 Å². The van der Waals surface area contributed by atoms with Crippen LogP contribution >= 0.6 is 0 Å². The van der Waals surface area contributed by atoms with Crippen molar-refractivity contribution in [3.05, 3.63) is 65.4 Å². The maximum Gasteiger partial charge on any atom is 0.387 e. The first kappa shape index (κ1) is 18.9. The SMILES string of the molecule is O=C(NCC(=O)N1CCc2[nH]c3ccccc3c2C1)c1cccc(OC(F)F)c1. The normalized spacial score (nSPS) is 13.4. The summed E-state index contributed by atoms with van der Waals surface area (Å²) in [5, 5.41) is 3.65. The molecule has 0 bridgehead atoms. The Morgan fingerprint density at radius 1 is 1.17 bits per heavy atom. The van der Waals surface area contributed by atoms with E-state index in [1.807, 2.05) is 24.3 Å². The minimum absolute atomic E-state index is 0.109. The van der Waals surface area contributed by atoms with Crippen LogP contribution in [-0.2, 0) is 17.8 Å². The molecule has 0 unspecified atom stereocenters. The van der Waals surface area contributed by atoms with E-state index in [4.69, 9.17) is 0 Å². The second-order valence-electron chi connectivity index (χ2n) is 6.78. The summed E-state index contributed by atoms with van der Waals surface area (Å²) in [5.74, 6) is -0.834. The van der Waals surface area contributed by atoms with Crippen LogP contribution in [0.2, 0.25) is 0 Å². The number of rotatable bonds is 5. The predicted molar refractivity (Wildman–Crippen MR) is 103 cm³/mol. The molecule has 0 saturated heterocycles. The molecular formula is C21H19F2N3O3. The highest BCUT2D eigenvalue weighted by atomic mass is 19.3. The van der Waals surface area contributed by atoms with Gasteiger partial charge in [0.1, 0.15) is 5.75 Å². The molecule has 1 aliphatic heterocycles. The van der Waals surface area contributed by atoms with Crippen LogP contribution in [0.5, 0.6) is 5.75 Å². The maximum atomic E-state index is 12.6. The lowest BCUT2D eigenvalue weighted by Gasteiger charge is -2.27. The zero-order valence-corrected chi connectivity index (χ0v) is 15.5. The van der Waals surface area contributed by atoms with Crippen LogP contribution in [0.25, 0.3) is 10.9 Å². The number of benzene rings is 2. The van der Waals surface area contributed by atoms with E-state index < -0.39 is 12.5 Å². The summed E-state index contributed by atoms with van der Waals surface area (Å²) >= 11 is 0. The second-order valence-corrected chi connectivity index (χ2v) is 6.78. The van der Waals surface area contributed by atoms with Gasteiger partial charge in [0.25, 0.3) is 5.91 Å². The molecule has 2 N–H and O–H groups in total. The Labute approximate surface area is 165 Å². The molecule has 0 saturated carbocycles. The zero-order chi connectivity index (χ0) is 20.4. The molecule has 0 radical (unpaired) electrons. The minimum Gasteiger partial charge on any atom is -0.435 e. The molecule has 2 amide bonds. The molecule has 3 aromatic rings. The van der Waals surface area contributed by atoms with E-state index in [9.17, 15) is 18.4 Å². The van der Waals surface area contributed by atoms with E-state index >= 15 is 0 Å². The molecule has 29 heavy (non-hydrogen) atoms. The first-order valence-corrected chi connectivity index (χ1v) is 9.20. The summed E-state index contributed by atoms with van der Waals surface area (Å²) in [7, 11) is 0. The zero-order valence-electron chi connectivity index (χ0n) is 15.5. The molecule has 1 aliphatic rings. The number of hydrogen-bond donors (Lipinski definition) is 2. The van der Waals surface area contributed by atoms with Gasteiger partial charge in [0, 0.05) is 47.2 Å². The smallest absolute Gasteiger partial charge is 0.387 e. The van der Waals surface area contributed by atoms with Gasteiger partial charge in [-0.1, -0.05) is 24.3 Å². The van der Waals surface area contributed by atoms with Crippen LogP contribution < -0.4 is 10.1 Å². The number of amides is 2. The van der Waals surface area contributed by atoms with E-state index in [1.165, 1.54) is 24.3 Å². The van der Waals surface area contributed by atoms with Crippen LogP contribution in [0.1, 0.15) is 21.6 Å². The number of aromatic amines is 1. The number of aromatic nitrogens is 1. The van der Waals surface area contributed by atoms with Gasteiger partial charge in [0.15, 0.2) is 0 Å². The molecule has 2 heterocycles. The van der Waals surface area contributed by atoms with Gasteiger partial charge in [-0.05, 0) is 24.3 Å². The third kappa shape index (κ3) is 4.06. The number of ether oxygens (including phenoxy) is 1. The average Bonchev–Trinajstić information content (AvgIpc) is 3.09. The lowest BCUT2D eigenvalue weighted by Crippen LogP contribution is -2.42. The van der Waals surface area contributed by atoms with Crippen molar-refractivity contribution in [3.8, 4) is 5.75 Å². The minimum atomic E-state index is -2.97. The molecule has 150 valence electrons. The van der Waals surface area contributed by atoms with E-state index in [1.54, 1.807) is 4.90 Å². The van der Waals surface area contributed by atoms with Gasteiger partial charge in [-0.2, -0.15) is 8.78 Å². The summed E-state index contributed by atoms with van der Waals surface area (Å²) in [4.78, 5) is 30.0. The molecule has 4 rings (SSSR count). The molecule has 0 atom stereocenters. The fourth-order valence-corrected chi connectivity index (χ4v) is 3.56. The molecule has 2 aromatic carbocycles. The molecule has 0 spiro atoms. The quantitative estimate of drug-likeness (QED) is 0.693. The Morgan fingerprint density at radius 2 is 2.00 bits per heavy atom. The lowest BCUT2D eigenvalue weighted by atomic mass is 10.0. The summed E-state index contributed by atoms with van der Waals surface area (Å²) in [6.45, 7) is -2.10. The van der Waals surface area contributed by atoms with E-state index in [0.29, 0.717) is 13.1 Å². The monoisotopic (exact) mass is 399 g/mol. The first-order valence-electron chi connectivity index (χ1n) is 9.20. The Hall–Kier alpha value is -3.42. The number of alkyl halides is 2. The molecule has 1 aromatic heterocycles. The highest BCUT2D eigenvalue weighted by Crippen LogP contribution is 2.27. The highest BCUT2D eigenvalue weighted by Gasteiger charge is 2.24. The van der Waals surface area contributed by atoms with E-state index in [2.05, 4.69) is 15.0 Å². The Balaban J connectivity index is 1.38. The molecule has 8 heteroatoms. The predicted octanol–water partition coefficient (Wildman–Crippen LogP) is 3.08. The number of para-hydroxylation sites is 1. The van der Waals surface area contributed by atoms with Crippen LogP contribution in [0.15, 0.2) is 48.5 Å². The van der Waals surface area contributed by atoms with Crippen LogP contribution in [0.3, 0.4) is 0 Å². The lowest BCUT2D eigenvalue weighted by molar-refractivity contribution is -0.131. The number of hydrogen-bond acceptors (Lipinski definition) is 3. The molecule has 0 fully saturated rings. The maximum absolute atomic E-state index is 12.6. The summed E-state index contributed by atoms with van der Waals surface area (Å²) in [6.07, 6.45) is 0.719. The van der Waals surface area contributed by atoms with Crippen molar-refractivity contribution in [2.45, 2.75) is 19.6 Å². The van der Waals surface area contributed by atoms with Gasteiger partial charge in [-0.3, -0.25) is 9.59 Å². The summed E-state index contributed by atoms with van der Waals surface area (Å²) < 4.78 is 28.9. The largest absolute Gasteiger partial charge is 0.435 e. The number of fused-ring (bicyclic) bond motifs is 3. The first-order chi connectivity index (χ1) is 14.0. The number of H-pyrrole nitrogens is 1. The third-order valence-corrected chi connectivity index (χ3v) is 4.96. The molecule has 0 aliphatic carbocycles. The van der Waals surface area contributed by atoms with Gasteiger partial charge in [0.05, 0.1) is 6.54 Å². The summed E-state index contributed by atoms with van der Waals surface area (Å²) in [6, 6.07) is 13.4. The average molecular weight is 399 g/mol. The molecular weight excluding hydrogens is 380 g/mol. The van der Waals surface area contributed by atoms with Gasteiger partial charge >= 0.3 is 6.61 Å².